The van der Waals surface area contributed by atoms with Gasteiger partial charge in [0.1, 0.15) is 0 Å². The standard InChI is InChI=1S/C33H24BF2IN2.2C28H22BN.FH/c1-33(2)23-13-6-7-14-25(23)34-26-15-8-9-17-28(26)39-29-18-10-16-27(37(35,36)38-21-11-4-3-5-12-21)30(29)22-19-20-24(33)31(34)32(22)39;1-17-12-15-24-19(16-17)18-13-14-21-26-27(18)30(24)25-11-7-6-10-23(25)29(26)22-9-5-4-8-20(22)28(21,2)3;1-17-12-13-18-19-14-15-21-26-27(19)30(25(18)16-17)24-11-7-6-10-23(24)29(26)22-9-5-4-8-20(22)28(21,2)3;/h3-20H,1-2H3;2*4-16H,1-3H3;1H/p-1. The van der Waals surface area contributed by atoms with E-state index in [-0.39, 0.29) is 31.2 Å². The second-order valence-electron chi connectivity index (χ2n) is 29.9. The molecular weight excluding hydrogens is 1340 g/mol. The fraction of sp³-hybridized carbons (Fsp3) is 0.124. The minimum atomic E-state index is -5.72. The topological polar surface area (TPSA) is 27.1 Å². The normalized spacial score (nSPS) is 15.2. The van der Waals surface area contributed by atoms with Crippen molar-refractivity contribution in [2.45, 2.75) is 71.6 Å². The fourth-order valence-corrected chi connectivity index (χ4v) is 22.5. The van der Waals surface area contributed by atoms with Gasteiger partial charge >= 0.3 is 232 Å². The number of nitrogens with zero attached hydrogens (tertiary/aromatic N) is 4. The van der Waals surface area contributed by atoms with Gasteiger partial charge < -0.3 is 13.8 Å². The average Bonchev–Trinajstić information content (AvgIpc) is 1.43. The van der Waals surface area contributed by atoms with Crippen LogP contribution < -0.4 is 53.9 Å². The molecule has 0 unspecified atom stereocenters. The van der Waals surface area contributed by atoms with Gasteiger partial charge in [-0.2, -0.15) is 0 Å². The van der Waals surface area contributed by atoms with Gasteiger partial charge in [0.25, 0.3) is 0 Å². The zero-order chi connectivity index (χ0) is 66.9. The molecule has 0 N–H and O–H groups in total. The predicted octanol–water partition coefficient (Wildman–Crippen LogP) is 13.9. The van der Waals surface area contributed by atoms with Gasteiger partial charge in [-0.3, -0.25) is 0 Å². The van der Waals surface area contributed by atoms with Gasteiger partial charge in [0, 0.05) is 54.8 Å². The summed E-state index contributed by atoms with van der Waals surface area (Å²) in [5, 5.41) is 7.00. The summed E-state index contributed by atoms with van der Waals surface area (Å²) >= 11 is -5.72. The Labute approximate surface area is 586 Å². The van der Waals surface area contributed by atoms with Crippen LogP contribution in [-0.2, 0) is 16.2 Å². The van der Waals surface area contributed by atoms with Crippen LogP contribution in [0.4, 0.5) is 11.4 Å². The van der Waals surface area contributed by atoms with Crippen LogP contribution in [-0.4, -0.2) is 33.8 Å². The molecule has 0 fully saturated rings. The molecule has 11 heteroatoms. The summed E-state index contributed by atoms with van der Waals surface area (Å²) < 4.78 is 43.9. The maximum Gasteiger partial charge on any atom is 0.247 e. The number of halogens is 4. The summed E-state index contributed by atoms with van der Waals surface area (Å²) in [5.41, 5.74) is 34.7. The largest absolute Gasteiger partial charge is 1.00 e. The van der Waals surface area contributed by atoms with E-state index < -0.39 is 19.4 Å². The third-order valence-corrected chi connectivity index (χ3v) is 27.0. The van der Waals surface area contributed by atoms with E-state index in [9.17, 15) is 0 Å². The van der Waals surface area contributed by atoms with Crippen molar-refractivity contribution < 1.29 is 10.4 Å². The zero-order valence-corrected chi connectivity index (χ0v) is 59.1. The molecule has 0 bridgehead atoms. The smallest absolute Gasteiger partial charge is 0.247 e. The van der Waals surface area contributed by atoms with E-state index in [1.165, 1.54) is 149 Å². The van der Waals surface area contributed by atoms with Crippen LogP contribution in [0.2, 0.25) is 0 Å². The van der Waals surface area contributed by atoms with E-state index in [1.807, 2.05) is 18.2 Å². The van der Waals surface area contributed by atoms with Gasteiger partial charge in [-0.1, -0.05) is 172 Å². The minimum absolute atomic E-state index is 0. The van der Waals surface area contributed by atoms with Gasteiger partial charge in [-0.05, 0) is 93.8 Å². The van der Waals surface area contributed by atoms with Crippen LogP contribution in [0.3, 0.4) is 0 Å². The molecule has 22 rings (SSSR count). The monoisotopic (exact) mass is 1410 g/mol. The molecule has 0 atom stereocenters. The van der Waals surface area contributed by atoms with Crippen LogP contribution >= 0.6 is 19.4 Å². The van der Waals surface area contributed by atoms with Crippen molar-refractivity contribution in [3.63, 3.8) is 0 Å². The van der Waals surface area contributed by atoms with Gasteiger partial charge in [0.2, 0.25) is 13.4 Å². The SMILES string of the molecule is CC1(C)c2ccccc2B2c3ccccc3-n3c4cccc(I(F)(F)=Nc5ccccc5)c4c4ccc1c2c43.Cc1ccc2c(c1)c1ccc3c4c1n2-c1ccccc1B4c1ccccc1C3(C)C.Cc1ccc2c3ccc4c5c3n(c2c1)-c1ccccc1B5c1ccccc1C4(C)C.[F-]. The van der Waals surface area contributed by atoms with Gasteiger partial charge in [-0.15, -0.1) is 0 Å². The second kappa shape index (κ2) is 21.4. The Morgan fingerprint density at radius 1 is 0.320 bits per heavy atom. The van der Waals surface area contributed by atoms with Crippen LogP contribution in [0.1, 0.15) is 86.1 Å². The van der Waals surface area contributed by atoms with Crippen LogP contribution in [0, 0.1) is 17.4 Å². The quantitative estimate of drug-likeness (QED) is 0.122. The minimum Gasteiger partial charge on any atom is -1.00 e. The Kier molecular flexibility index (Phi) is 13.0. The van der Waals surface area contributed by atoms with Crippen molar-refractivity contribution in [3.05, 3.63) is 315 Å². The van der Waals surface area contributed by atoms with Gasteiger partial charge in [0.15, 0.2) is 0 Å². The van der Waals surface area contributed by atoms with E-state index in [2.05, 4.69) is 285 Å². The second-order valence-corrected chi connectivity index (χ2v) is 33.9. The summed E-state index contributed by atoms with van der Waals surface area (Å²) in [7, 11) is 0. The van der Waals surface area contributed by atoms with E-state index in [1.54, 1.807) is 36.4 Å². The van der Waals surface area contributed by atoms with E-state index in [4.69, 9.17) is 0 Å². The summed E-state index contributed by atoms with van der Waals surface area (Å²) in [5.74, 6) is 0. The molecule has 0 spiro atoms. The molecule has 3 aromatic heterocycles. The molecule has 0 saturated heterocycles. The van der Waals surface area contributed by atoms with E-state index in [0.29, 0.717) is 24.5 Å². The number of rotatable bonds is 2. The first-order valence-electron chi connectivity index (χ1n) is 34.8. The van der Waals surface area contributed by atoms with Crippen molar-refractivity contribution in [3.8, 4) is 17.1 Å². The Hall–Kier alpha value is -10.2. The Morgan fingerprint density at radius 2 is 0.700 bits per heavy atom. The number of benzene rings is 13. The third kappa shape index (κ3) is 8.09. The summed E-state index contributed by atoms with van der Waals surface area (Å²) in [4.78, 5) is 0. The third-order valence-electron chi connectivity index (χ3n) is 23.6. The van der Waals surface area contributed by atoms with Crippen LogP contribution in [0.15, 0.2) is 270 Å². The first kappa shape index (κ1) is 60.9. The molecule has 9 heterocycles. The van der Waals surface area contributed by atoms with Crippen molar-refractivity contribution in [1.82, 2.24) is 13.7 Å². The molecule has 482 valence electrons. The number of aromatic nitrogens is 3. The molecule has 0 aliphatic carbocycles. The molecular formula is C89H68B3F3IN4-. The molecule has 13 aromatic carbocycles. The molecule has 0 radical (unpaired) electrons. The zero-order valence-electron chi connectivity index (χ0n) is 56.9. The molecule has 0 saturated carbocycles. The number of hydrogen-bond donors (Lipinski definition) is 0. The maximum atomic E-state index is 16.2. The number of hydrogen-bond acceptors (Lipinski definition) is 1. The molecule has 0 amide bonds. The van der Waals surface area contributed by atoms with Gasteiger partial charge in [0.05, 0.1) is 11.0 Å². The number of fused-ring (bicyclic) bond motifs is 24. The summed E-state index contributed by atoms with van der Waals surface area (Å²) in [6, 6.07) is 95.0. The molecule has 100 heavy (non-hydrogen) atoms. The van der Waals surface area contributed by atoms with Gasteiger partial charge in [-0.25, -0.2) is 0 Å². The molecule has 6 aliphatic heterocycles. The van der Waals surface area contributed by atoms with Crippen molar-refractivity contribution in [2.24, 2.45) is 3.15 Å². The van der Waals surface area contributed by atoms with Crippen LogP contribution in [0.25, 0.3) is 82.5 Å². The molecule has 16 aromatic rings. The first-order chi connectivity index (χ1) is 48.0. The van der Waals surface area contributed by atoms with E-state index in [0.717, 1.165) is 22.1 Å². The maximum absolute atomic E-state index is 16.2. The number of para-hydroxylation sites is 3. The van der Waals surface area contributed by atoms with Crippen LogP contribution in [0.5, 0.6) is 0 Å². The van der Waals surface area contributed by atoms with Crippen molar-refractivity contribution >= 4 is 160 Å². The van der Waals surface area contributed by atoms with E-state index >= 15 is 5.72 Å². The summed E-state index contributed by atoms with van der Waals surface area (Å²) in [6.45, 7) is 19.1. The summed E-state index contributed by atoms with van der Waals surface area (Å²) in [6.07, 6.45) is 0. The van der Waals surface area contributed by atoms with Crippen molar-refractivity contribution in [2.75, 3.05) is 0 Å². The Bertz CT molecular complexity index is 6250. The fourth-order valence-electron chi connectivity index (χ4n) is 19.4. The average molecular weight is 1410 g/mol. The molecule has 4 nitrogen and oxygen atoms in total. The van der Waals surface area contributed by atoms with Crippen molar-refractivity contribution in [1.29, 1.82) is 0 Å². The molecule has 6 aliphatic rings. The Balaban J connectivity index is 0.000000105. The predicted molar refractivity (Wildman–Crippen MR) is 425 cm³/mol. The Morgan fingerprint density at radius 3 is 1.20 bits per heavy atom. The first-order valence-corrected chi connectivity index (χ1v) is 38.5. The number of aryl methyl sites for hydroxylation is 2.